The molecule has 0 aliphatic heterocycles. The average Bonchev–Trinajstić information content (AvgIpc) is 2.93. The molecule has 1 amide bonds. The van der Waals surface area contributed by atoms with Crippen molar-refractivity contribution in [2.24, 2.45) is 11.7 Å². The Morgan fingerprint density at radius 1 is 0.974 bits per heavy atom. The van der Waals surface area contributed by atoms with Gasteiger partial charge in [-0.15, -0.1) is 0 Å². The first-order valence-corrected chi connectivity index (χ1v) is 14.3. The van der Waals surface area contributed by atoms with Gasteiger partial charge in [0.15, 0.2) is 0 Å². The second-order valence-corrected chi connectivity index (χ2v) is 11.7. The van der Waals surface area contributed by atoms with Crippen molar-refractivity contribution in [2.45, 2.75) is 55.5 Å². The summed E-state index contributed by atoms with van der Waals surface area (Å²) in [5.41, 5.74) is 6.92. The molecule has 3 aromatic rings. The van der Waals surface area contributed by atoms with E-state index in [4.69, 9.17) is 5.73 Å². The molecule has 0 radical (unpaired) electrons. The monoisotopic (exact) mass is 559 g/mol. The zero-order chi connectivity index (χ0) is 28.2. The Kier molecular flexibility index (Phi) is 8.78. The van der Waals surface area contributed by atoms with E-state index >= 15 is 0 Å². The number of amides is 1. The van der Waals surface area contributed by atoms with Crippen molar-refractivity contribution in [3.8, 4) is 11.1 Å². The molecule has 208 valence electrons. The molecule has 4 rings (SSSR count). The van der Waals surface area contributed by atoms with Crippen molar-refractivity contribution < 1.29 is 26.4 Å². The quantitative estimate of drug-likeness (QED) is 0.333. The van der Waals surface area contributed by atoms with Crippen molar-refractivity contribution in [3.63, 3.8) is 0 Å². The standard InChI is InChI=1S/C29H32F3N3O3S/c1-19(20-5-11-25(30)12-6-20)34-28(36)22-7-13-26(14-8-22)35-39(37,38)27-15-9-21(10-16-27)23-3-2-4-24(17-23)29(31,32)18-33/h2-6,9-12,15-17,19,22,26,35H,7-8,13-14,18,33H2,1H3,(H,34,36)/t19-,22?,26?/m1/s1. The van der Waals surface area contributed by atoms with Crippen LogP contribution in [0.25, 0.3) is 11.1 Å². The van der Waals surface area contributed by atoms with Crippen LogP contribution in [-0.4, -0.2) is 26.9 Å². The van der Waals surface area contributed by atoms with Crippen LogP contribution in [-0.2, 0) is 20.7 Å². The molecule has 1 saturated carbocycles. The van der Waals surface area contributed by atoms with E-state index < -0.39 is 22.5 Å². The van der Waals surface area contributed by atoms with Crippen LogP contribution in [0.1, 0.15) is 49.8 Å². The highest BCUT2D eigenvalue weighted by atomic mass is 32.2. The molecule has 4 N–H and O–H groups in total. The molecule has 1 fully saturated rings. The van der Waals surface area contributed by atoms with Crippen molar-refractivity contribution in [1.82, 2.24) is 10.0 Å². The maximum Gasteiger partial charge on any atom is 0.285 e. The number of hydrogen-bond donors (Lipinski definition) is 3. The van der Waals surface area contributed by atoms with Crippen LogP contribution >= 0.6 is 0 Å². The summed E-state index contributed by atoms with van der Waals surface area (Å²) in [5, 5.41) is 2.96. The van der Waals surface area contributed by atoms with Gasteiger partial charge >= 0.3 is 0 Å². The summed E-state index contributed by atoms with van der Waals surface area (Å²) in [5.74, 6) is -3.81. The fraction of sp³-hybridized carbons (Fsp3) is 0.345. The molecule has 1 atom stereocenters. The topological polar surface area (TPSA) is 101 Å². The summed E-state index contributed by atoms with van der Waals surface area (Å²) >= 11 is 0. The van der Waals surface area contributed by atoms with E-state index in [1.165, 1.54) is 42.5 Å². The lowest BCUT2D eigenvalue weighted by Crippen LogP contribution is -2.41. The zero-order valence-electron chi connectivity index (χ0n) is 21.5. The minimum Gasteiger partial charge on any atom is -0.349 e. The van der Waals surface area contributed by atoms with Gasteiger partial charge in [-0.05, 0) is 79.6 Å². The first-order valence-electron chi connectivity index (χ1n) is 12.9. The van der Waals surface area contributed by atoms with Crippen molar-refractivity contribution >= 4 is 15.9 Å². The third kappa shape index (κ3) is 7.06. The number of sulfonamides is 1. The van der Waals surface area contributed by atoms with Crippen LogP contribution in [0, 0.1) is 11.7 Å². The van der Waals surface area contributed by atoms with Crippen LogP contribution in [0.15, 0.2) is 77.7 Å². The third-order valence-electron chi connectivity index (χ3n) is 7.19. The van der Waals surface area contributed by atoms with Gasteiger partial charge in [-0.2, -0.15) is 8.78 Å². The number of nitrogens with two attached hydrogens (primary N) is 1. The predicted molar refractivity (Wildman–Crippen MR) is 144 cm³/mol. The molecule has 0 spiro atoms. The lowest BCUT2D eigenvalue weighted by atomic mass is 9.85. The van der Waals surface area contributed by atoms with Gasteiger partial charge in [0.25, 0.3) is 5.92 Å². The van der Waals surface area contributed by atoms with Crippen LogP contribution in [0.5, 0.6) is 0 Å². The van der Waals surface area contributed by atoms with E-state index in [1.807, 2.05) is 6.92 Å². The lowest BCUT2D eigenvalue weighted by Gasteiger charge is -2.29. The van der Waals surface area contributed by atoms with Crippen molar-refractivity contribution in [1.29, 1.82) is 0 Å². The second kappa shape index (κ2) is 11.9. The Morgan fingerprint density at radius 3 is 2.23 bits per heavy atom. The number of rotatable bonds is 9. The summed E-state index contributed by atoms with van der Waals surface area (Å²) in [6.07, 6.45) is 2.11. The summed E-state index contributed by atoms with van der Waals surface area (Å²) < 4.78 is 69.8. The van der Waals surface area contributed by atoms with Gasteiger partial charge in [0.2, 0.25) is 15.9 Å². The summed E-state index contributed by atoms with van der Waals surface area (Å²) in [7, 11) is -3.81. The molecule has 1 aliphatic carbocycles. The highest BCUT2D eigenvalue weighted by Gasteiger charge is 2.31. The molecular weight excluding hydrogens is 527 g/mol. The number of carbonyl (C=O) groups is 1. The number of nitrogens with one attached hydrogen (secondary N) is 2. The third-order valence-corrected chi connectivity index (χ3v) is 8.72. The number of alkyl halides is 2. The Bertz CT molecular complexity index is 1390. The molecule has 0 heterocycles. The molecular formula is C29H32F3N3O3S. The number of benzene rings is 3. The molecule has 0 unspecified atom stereocenters. The molecule has 0 aromatic heterocycles. The first-order chi connectivity index (χ1) is 18.5. The Balaban J connectivity index is 1.33. The van der Waals surface area contributed by atoms with E-state index in [9.17, 15) is 26.4 Å². The number of hydrogen-bond acceptors (Lipinski definition) is 4. The van der Waals surface area contributed by atoms with Crippen molar-refractivity contribution in [2.75, 3.05) is 6.54 Å². The fourth-order valence-electron chi connectivity index (χ4n) is 4.80. The van der Waals surface area contributed by atoms with Crippen molar-refractivity contribution in [3.05, 3.63) is 89.7 Å². The minimum atomic E-state index is -3.81. The van der Waals surface area contributed by atoms with Crippen LogP contribution < -0.4 is 15.8 Å². The van der Waals surface area contributed by atoms with Gasteiger partial charge in [0, 0.05) is 17.5 Å². The number of carbonyl (C=O) groups excluding carboxylic acids is 1. The lowest BCUT2D eigenvalue weighted by molar-refractivity contribution is -0.126. The molecule has 6 nitrogen and oxygen atoms in total. The Labute approximate surface area is 226 Å². The number of halogens is 3. The molecule has 0 bridgehead atoms. The van der Waals surface area contributed by atoms with E-state index in [-0.39, 0.29) is 40.2 Å². The Morgan fingerprint density at radius 2 is 1.62 bits per heavy atom. The summed E-state index contributed by atoms with van der Waals surface area (Å²) in [4.78, 5) is 12.8. The molecule has 1 aliphatic rings. The van der Waals surface area contributed by atoms with E-state index in [0.29, 0.717) is 36.8 Å². The zero-order valence-corrected chi connectivity index (χ0v) is 22.4. The maximum atomic E-state index is 14.0. The van der Waals surface area contributed by atoms with E-state index in [2.05, 4.69) is 10.0 Å². The van der Waals surface area contributed by atoms with Crippen LogP contribution in [0.2, 0.25) is 0 Å². The molecule has 39 heavy (non-hydrogen) atoms. The van der Waals surface area contributed by atoms with Crippen LogP contribution in [0.4, 0.5) is 13.2 Å². The van der Waals surface area contributed by atoms with Gasteiger partial charge in [-0.25, -0.2) is 17.5 Å². The largest absolute Gasteiger partial charge is 0.349 e. The first kappa shape index (κ1) is 28.8. The average molecular weight is 560 g/mol. The summed E-state index contributed by atoms with van der Waals surface area (Å²) in [6.45, 7) is 1.03. The molecule has 3 aromatic carbocycles. The molecule has 0 saturated heterocycles. The smallest absolute Gasteiger partial charge is 0.285 e. The second-order valence-electron chi connectivity index (χ2n) is 9.97. The van der Waals surface area contributed by atoms with Gasteiger partial charge < -0.3 is 11.1 Å². The highest BCUT2D eigenvalue weighted by molar-refractivity contribution is 7.89. The normalized spacial score (nSPS) is 18.9. The van der Waals surface area contributed by atoms with Gasteiger partial charge in [-0.1, -0.05) is 42.5 Å². The van der Waals surface area contributed by atoms with E-state index in [1.54, 1.807) is 30.3 Å². The van der Waals surface area contributed by atoms with Gasteiger partial charge in [0.05, 0.1) is 17.5 Å². The SMILES string of the molecule is C[C@@H](NC(=O)C1CCC(NS(=O)(=O)c2ccc(-c3cccc(C(F)(F)CN)c3)cc2)CC1)c1ccc(F)cc1. The summed E-state index contributed by atoms with van der Waals surface area (Å²) in [6, 6.07) is 17.3. The molecule has 10 heteroatoms. The fourth-order valence-corrected chi connectivity index (χ4v) is 6.10. The van der Waals surface area contributed by atoms with Gasteiger partial charge in [0.1, 0.15) is 5.82 Å². The minimum absolute atomic E-state index is 0.0719. The highest BCUT2D eigenvalue weighted by Crippen LogP contribution is 2.31. The van der Waals surface area contributed by atoms with Gasteiger partial charge in [-0.3, -0.25) is 4.79 Å². The predicted octanol–water partition coefficient (Wildman–Crippen LogP) is 5.26. The Hall–Kier alpha value is -3.21. The van der Waals surface area contributed by atoms with Crippen LogP contribution in [0.3, 0.4) is 0 Å². The maximum absolute atomic E-state index is 14.0. The van der Waals surface area contributed by atoms with E-state index in [0.717, 1.165) is 5.56 Å².